The van der Waals surface area contributed by atoms with Crippen LogP contribution in [0.5, 0.6) is 5.75 Å². The van der Waals surface area contributed by atoms with Crippen LogP contribution in [0, 0.1) is 11.8 Å². The van der Waals surface area contributed by atoms with Gasteiger partial charge in [-0.1, -0.05) is 25.1 Å². The highest BCUT2D eigenvalue weighted by Gasteiger charge is 2.36. The number of fused-ring (bicyclic) bond motifs is 1. The number of nitrogens with zero attached hydrogens (tertiary/aromatic N) is 1. The second-order valence-electron chi connectivity index (χ2n) is 5.95. The van der Waals surface area contributed by atoms with Crippen molar-refractivity contribution in [3.63, 3.8) is 0 Å². The maximum atomic E-state index is 12.7. The lowest BCUT2D eigenvalue weighted by Gasteiger charge is -2.37. The first-order chi connectivity index (χ1) is 9.70. The molecule has 3 unspecified atom stereocenters. The maximum Gasteiger partial charge on any atom is 0.233 e. The van der Waals surface area contributed by atoms with Gasteiger partial charge in [0.25, 0.3) is 0 Å². The van der Waals surface area contributed by atoms with Gasteiger partial charge in [0.1, 0.15) is 18.3 Å². The zero-order valence-electron chi connectivity index (χ0n) is 11.9. The molecule has 3 atom stereocenters. The van der Waals surface area contributed by atoms with Crippen LogP contribution in [-0.2, 0) is 4.79 Å². The van der Waals surface area contributed by atoms with Crippen molar-refractivity contribution >= 4 is 5.91 Å². The molecule has 20 heavy (non-hydrogen) atoms. The van der Waals surface area contributed by atoms with Gasteiger partial charge in [0.05, 0.1) is 0 Å². The highest BCUT2D eigenvalue weighted by atomic mass is 16.5. The lowest BCUT2D eigenvalue weighted by atomic mass is 9.86. The molecule has 1 aromatic carbocycles. The number of likely N-dealkylation sites (tertiary alicyclic amines) is 1. The van der Waals surface area contributed by atoms with Crippen molar-refractivity contribution in [3.8, 4) is 5.75 Å². The predicted molar refractivity (Wildman–Crippen MR) is 77.6 cm³/mol. The summed E-state index contributed by atoms with van der Waals surface area (Å²) in [5.41, 5.74) is 6.85. The second-order valence-corrected chi connectivity index (χ2v) is 5.95. The molecule has 2 aliphatic rings. The molecule has 3 rings (SSSR count). The number of amides is 1. The Labute approximate surface area is 119 Å². The van der Waals surface area contributed by atoms with Crippen LogP contribution in [-0.4, -0.2) is 37.0 Å². The van der Waals surface area contributed by atoms with Gasteiger partial charge in [-0.05, 0) is 30.9 Å². The predicted octanol–water partition coefficient (Wildman–Crippen LogP) is 1.61. The summed E-state index contributed by atoms with van der Waals surface area (Å²) < 4.78 is 5.63. The zero-order valence-corrected chi connectivity index (χ0v) is 11.9. The van der Waals surface area contributed by atoms with E-state index in [-0.39, 0.29) is 11.8 Å². The number of piperidine rings is 1. The summed E-state index contributed by atoms with van der Waals surface area (Å²) in [4.78, 5) is 14.7. The fraction of sp³-hybridized carbons (Fsp3) is 0.562. The van der Waals surface area contributed by atoms with Crippen LogP contribution in [0.2, 0.25) is 0 Å². The molecule has 0 aromatic heterocycles. The topological polar surface area (TPSA) is 55.6 Å². The van der Waals surface area contributed by atoms with E-state index >= 15 is 0 Å². The van der Waals surface area contributed by atoms with Crippen molar-refractivity contribution in [1.82, 2.24) is 4.90 Å². The summed E-state index contributed by atoms with van der Waals surface area (Å²) in [5.74, 6) is 1.94. The number of hydrogen-bond donors (Lipinski definition) is 1. The van der Waals surface area contributed by atoms with Gasteiger partial charge in [-0.2, -0.15) is 0 Å². The number of ether oxygens (including phenoxy) is 1. The summed E-state index contributed by atoms with van der Waals surface area (Å²) in [5, 5.41) is 0. The highest BCUT2D eigenvalue weighted by molar-refractivity contribution is 5.85. The molecule has 1 aromatic rings. The first kappa shape index (κ1) is 13.4. The lowest BCUT2D eigenvalue weighted by molar-refractivity contribution is -0.135. The number of para-hydroxylation sites is 1. The smallest absolute Gasteiger partial charge is 0.233 e. The van der Waals surface area contributed by atoms with Gasteiger partial charge in [-0.15, -0.1) is 0 Å². The normalized spacial score (nSPS) is 28.9. The molecular weight excluding hydrogens is 252 g/mol. The van der Waals surface area contributed by atoms with Crippen molar-refractivity contribution in [1.29, 1.82) is 0 Å². The first-order valence-electron chi connectivity index (χ1n) is 7.41. The average molecular weight is 274 g/mol. The summed E-state index contributed by atoms with van der Waals surface area (Å²) >= 11 is 0. The van der Waals surface area contributed by atoms with Crippen molar-refractivity contribution in [2.24, 2.45) is 17.6 Å². The van der Waals surface area contributed by atoms with Crippen LogP contribution in [0.1, 0.15) is 24.8 Å². The molecule has 1 saturated heterocycles. The van der Waals surface area contributed by atoms with Crippen LogP contribution in [0.3, 0.4) is 0 Å². The molecule has 1 fully saturated rings. The minimum absolute atomic E-state index is 0.141. The summed E-state index contributed by atoms with van der Waals surface area (Å²) in [6.07, 6.45) is 1.04. The Morgan fingerprint density at radius 2 is 2.25 bits per heavy atom. The van der Waals surface area contributed by atoms with Crippen LogP contribution in [0.25, 0.3) is 0 Å². The van der Waals surface area contributed by atoms with Crippen molar-refractivity contribution in [2.75, 3.05) is 26.2 Å². The van der Waals surface area contributed by atoms with Crippen molar-refractivity contribution in [2.45, 2.75) is 19.3 Å². The molecule has 4 nitrogen and oxygen atoms in total. The molecule has 2 N–H and O–H groups in total. The van der Waals surface area contributed by atoms with Crippen LogP contribution < -0.4 is 10.5 Å². The van der Waals surface area contributed by atoms with Crippen LogP contribution in [0.15, 0.2) is 24.3 Å². The molecule has 0 spiro atoms. The van der Waals surface area contributed by atoms with E-state index in [0.29, 0.717) is 25.0 Å². The summed E-state index contributed by atoms with van der Waals surface area (Å²) in [7, 11) is 0. The van der Waals surface area contributed by atoms with E-state index in [1.54, 1.807) is 0 Å². The van der Waals surface area contributed by atoms with Crippen molar-refractivity contribution in [3.05, 3.63) is 29.8 Å². The fourth-order valence-corrected chi connectivity index (χ4v) is 3.24. The largest absolute Gasteiger partial charge is 0.492 e. The molecular formula is C16H22N2O2. The van der Waals surface area contributed by atoms with E-state index in [4.69, 9.17) is 10.5 Å². The quantitative estimate of drug-likeness (QED) is 0.891. The Morgan fingerprint density at radius 1 is 1.45 bits per heavy atom. The first-order valence-corrected chi connectivity index (χ1v) is 7.41. The van der Waals surface area contributed by atoms with Gasteiger partial charge in [0, 0.05) is 18.7 Å². The number of benzene rings is 1. The Balaban J connectivity index is 1.74. The second kappa shape index (κ2) is 5.44. The molecule has 4 heteroatoms. The SMILES string of the molecule is CC1CCN(C(=O)C2COc3ccccc32)CC1CN. The standard InChI is InChI=1S/C16H22N2O2/c1-11-6-7-18(9-12(11)8-17)16(19)14-10-20-15-5-3-2-4-13(14)15/h2-5,11-12,14H,6-10,17H2,1H3. The summed E-state index contributed by atoms with van der Waals surface area (Å²) in [6.45, 7) is 4.98. The van der Waals surface area contributed by atoms with Gasteiger partial charge in [0.15, 0.2) is 0 Å². The average Bonchev–Trinajstić information content (AvgIpc) is 2.91. The highest BCUT2D eigenvalue weighted by Crippen LogP contribution is 2.35. The van der Waals surface area contributed by atoms with E-state index < -0.39 is 0 Å². The molecule has 0 bridgehead atoms. The number of hydrogen-bond acceptors (Lipinski definition) is 3. The monoisotopic (exact) mass is 274 g/mol. The van der Waals surface area contributed by atoms with Gasteiger partial charge < -0.3 is 15.4 Å². The third kappa shape index (κ3) is 2.29. The maximum absolute atomic E-state index is 12.7. The Kier molecular flexibility index (Phi) is 3.66. The molecule has 0 aliphatic carbocycles. The zero-order chi connectivity index (χ0) is 14.1. The Morgan fingerprint density at radius 3 is 3.05 bits per heavy atom. The van der Waals surface area contributed by atoms with Gasteiger partial charge >= 0.3 is 0 Å². The van der Waals surface area contributed by atoms with E-state index in [1.165, 1.54) is 0 Å². The molecule has 0 radical (unpaired) electrons. The molecule has 0 saturated carbocycles. The van der Waals surface area contributed by atoms with Crippen LogP contribution >= 0.6 is 0 Å². The summed E-state index contributed by atoms with van der Waals surface area (Å²) in [6, 6.07) is 7.84. The number of nitrogens with two attached hydrogens (primary N) is 1. The van der Waals surface area contributed by atoms with Crippen LogP contribution in [0.4, 0.5) is 0 Å². The molecule has 2 aliphatic heterocycles. The minimum atomic E-state index is -0.141. The third-order valence-corrected chi connectivity index (χ3v) is 4.73. The fourth-order valence-electron chi connectivity index (χ4n) is 3.24. The Hall–Kier alpha value is -1.55. The minimum Gasteiger partial charge on any atom is -0.492 e. The van der Waals surface area contributed by atoms with Gasteiger partial charge in [0.2, 0.25) is 5.91 Å². The lowest BCUT2D eigenvalue weighted by Crippen LogP contribution is -2.47. The molecule has 1 amide bonds. The number of carbonyl (C=O) groups excluding carboxylic acids is 1. The van der Waals surface area contributed by atoms with E-state index in [0.717, 1.165) is 30.8 Å². The van der Waals surface area contributed by atoms with E-state index in [1.807, 2.05) is 29.2 Å². The number of rotatable bonds is 2. The molecule has 2 heterocycles. The number of carbonyl (C=O) groups is 1. The van der Waals surface area contributed by atoms with E-state index in [9.17, 15) is 4.79 Å². The molecule has 108 valence electrons. The van der Waals surface area contributed by atoms with Gasteiger partial charge in [-0.25, -0.2) is 0 Å². The Bertz CT molecular complexity index is 503. The van der Waals surface area contributed by atoms with E-state index in [2.05, 4.69) is 6.92 Å². The van der Waals surface area contributed by atoms with Gasteiger partial charge in [-0.3, -0.25) is 4.79 Å². The third-order valence-electron chi connectivity index (χ3n) is 4.73. The van der Waals surface area contributed by atoms with Crippen molar-refractivity contribution < 1.29 is 9.53 Å².